The highest BCUT2D eigenvalue weighted by molar-refractivity contribution is 5.88. The van der Waals surface area contributed by atoms with Gasteiger partial charge < -0.3 is 15.4 Å². The Kier molecular flexibility index (Phi) is 11.8. The smallest absolute Gasteiger partial charge is 0.307 e. The predicted molar refractivity (Wildman–Crippen MR) is 162 cm³/mol. The minimum Gasteiger partial charge on any atom is -0.460 e. The second-order valence-electron chi connectivity index (χ2n) is 11.2. The van der Waals surface area contributed by atoms with E-state index in [0.29, 0.717) is 32.2 Å². The molecule has 0 saturated heterocycles. The Morgan fingerprint density at radius 2 is 1.43 bits per heavy atom. The molecule has 9 nitrogen and oxygen atoms in total. The molecule has 3 aromatic carbocycles. The number of aryl methyl sites for hydroxylation is 1. The monoisotopic (exact) mass is 573 g/mol. The van der Waals surface area contributed by atoms with Crippen molar-refractivity contribution >= 4 is 23.5 Å². The number of amides is 2. The largest absolute Gasteiger partial charge is 0.460 e. The molecule has 9 heteroatoms. The maximum absolute atomic E-state index is 13.0. The van der Waals surface area contributed by atoms with E-state index in [4.69, 9.17) is 4.74 Å². The van der Waals surface area contributed by atoms with Crippen molar-refractivity contribution in [2.75, 3.05) is 13.1 Å². The van der Waals surface area contributed by atoms with Gasteiger partial charge in [-0.15, -0.1) is 0 Å². The standard InChI is InChI=1S/C33H39N3O6/c1-33(2,3)42-31(38)22-28(32(39)35-23-30(37)34-21-20-24-8-5-4-6-9-24)11-7-10-25-12-14-26(15-13-25)27-16-18-29(19-17-27)36(40)41/h4-6,8-9,12-19,28H,7,10-11,20-23H2,1-3H3,(H,34,37)(H,35,39). The van der Waals surface area contributed by atoms with E-state index in [1.54, 1.807) is 32.9 Å². The number of hydrogen-bond acceptors (Lipinski definition) is 6. The van der Waals surface area contributed by atoms with E-state index in [1.165, 1.54) is 12.1 Å². The Hall–Kier alpha value is -4.53. The Morgan fingerprint density at radius 1 is 0.833 bits per heavy atom. The number of nitrogens with zero attached hydrogens (tertiary/aromatic N) is 1. The van der Waals surface area contributed by atoms with Crippen LogP contribution in [-0.2, 0) is 32.0 Å². The summed E-state index contributed by atoms with van der Waals surface area (Å²) in [6.45, 7) is 5.63. The number of carbonyl (C=O) groups excluding carboxylic acids is 3. The molecule has 0 aliphatic rings. The third-order valence-electron chi connectivity index (χ3n) is 6.59. The lowest BCUT2D eigenvalue weighted by Gasteiger charge is -2.22. The Labute approximate surface area is 246 Å². The van der Waals surface area contributed by atoms with Crippen molar-refractivity contribution in [1.82, 2.24) is 10.6 Å². The lowest BCUT2D eigenvalue weighted by atomic mass is 9.95. The molecule has 42 heavy (non-hydrogen) atoms. The number of nitro groups is 1. The van der Waals surface area contributed by atoms with Gasteiger partial charge in [-0.3, -0.25) is 24.5 Å². The molecule has 0 aromatic heterocycles. The van der Waals surface area contributed by atoms with E-state index in [1.807, 2.05) is 54.6 Å². The molecule has 0 fully saturated rings. The first-order chi connectivity index (χ1) is 20.0. The second-order valence-corrected chi connectivity index (χ2v) is 11.2. The van der Waals surface area contributed by atoms with E-state index in [0.717, 1.165) is 22.3 Å². The molecule has 0 aliphatic heterocycles. The van der Waals surface area contributed by atoms with Crippen molar-refractivity contribution < 1.29 is 24.0 Å². The molecule has 0 radical (unpaired) electrons. The summed E-state index contributed by atoms with van der Waals surface area (Å²) in [6.07, 6.45) is 2.42. The number of carbonyl (C=O) groups is 3. The summed E-state index contributed by atoms with van der Waals surface area (Å²) in [4.78, 5) is 48.3. The Bertz CT molecular complexity index is 1330. The first kappa shape index (κ1) is 32.0. The SMILES string of the molecule is CC(C)(C)OC(=O)CC(CCCc1ccc(-c2ccc([N+](=O)[O-])cc2)cc1)C(=O)NCC(=O)NCCc1ccccc1. The fourth-order valence-electron chi connectivity index (χ4n) is 4.47. The average molecular weight is 574 g/mol. The number of non-ortho nitro benzene ring substituents is 1. The number of esters is 1. The molecule has 1 atom stereocenters. The highest BCUT2D eigenvalue weighted by Gasteiger charge is 2.25. The molecular formula is C33H39N3O6. The fraction of sp³-hybridized carbons (Fsp3) is 0.364. The van der Waals surface area contributed by atoms with Crippen LogP contribution in [0.4, 0.5) is 5.69 Å². The van der Waals surface area contributed by atoms with Gasteiger partial charge in [-0.1, -0.05) is 54.6 Å². The van der Waals surface area contributed by atoms with Gasteiger partial charge in [-0.05, 0) is 80.8 Å². The molecule has 0 saturated carbocycles. The van der Waals surface area contributed by atoms with Crippen molar-refractivity contribution in [1.29, 1.82) is 0 Å². The summed E-state index contributed by atoms with van der Waals surface area (Å²) in [5.41, 5.74) is 3.38. The third-order valence-corrected chi connectivity index (χ3v) is 6.59. The van der Waals surface area contributed by atoms with Crippen LogP contribution in [-0.4, -0.2) is 41.4 Å². The van der Waals surface area contributed by atoms with Crippen LogP contribution >= 0.6 is 0 Å². The van der Waals surface area contributed by atoms with E-state index >= 15 is 0 Å². The number of ether oxygens (including phenoxy) is 1. The van der Waals surface area contributed by atoms with Crippen LogP contribution in [0, 0.1) is 16.0 Å². The number of rotatable bonds is 14. The van der Waals surface area contributed by atoms with Gasteiger partial charge in [0.2, 0.25) is 11.8 Å². The molecule has 0 bridgehead atoms. The van der Waals surface area contributed by atoms with Crippen molar-refractivity contribution in [3.05, 3.63) is 100 Å². The van der Waals surface area contributed by atoms with Gasteiger partial charge in [-0.25, -0.2) is 0 Å². The fourth-order valence-corrected chi connectivity index (χ4v) is 4.47. The van der Waals surface area contributed by atoms with Crippen LogP contribution in [0.5, 0.6) is 0 Å². The van der Waals surface area contributed by atoms with Crippen molar-refractivity contribution in [2.24, 2.45) is 5.92 Å². The van der Waals surface area contributed by atoms with Gasteiger partial charge in [0.25, 0.3) is 5.69 Å². The van der Waals surface area contributed by atoms with Crippen LogP contribution in [0.25, 0.3) is 11.1 Å². The van der Waals surface area contributed by atoms with E-state index in [9.17, 15) is 24.5 Å². The maximum Gasteiger partial charge on any atom is 0.307 e. The Morgan fingerprint density at radius 3 is 2.02 bits per heavy atom. The van der Waals surface area contributed by atoms with Gasteiger partial charge >= 0.3 is 5.97 Å². The first-order valence-corrected chi connectivity index (χ1v) is 14.1. The molecule has 0 heterocycles. The van der Waals surface area contributed by atoms with Crippen LogP contribution in [0.15, 0.2) is 78.9 Å². The molecule has 3 rings (SSSR count). The van der Waals surface area contributed by atoms with Gasteiger partial charge in [-0.2, -0.15) is 0 Å². The number of benzene rings is 3. The molecule has 1 unspecified atom stereocenters. The summed E-state index contributed by atoms with van der Waals surface area (Å²) < 4.78 is 5.44. The average Bonchev–Trinajstić information content (AvgIpc) is 2.95. The summed E-state index contributed by atoms with van der Waals surface area (Å²) in [6, 6.07) is 24.1. The predicted octanol–water partition coefficient (Wildman–Crippen LogP) is 5.41. The highest BCUT2D eigenvalue weighted by Crippen LogP contribution is 2.24. The zero-order valence-corrected chi connectivity index (χ0v) is 24.4. The molecule has 2 N–H and O–H groups in total. The molecule has 3 aromatic rings. The minimum absolute atomic E-state index is 0.0454. The van der Waals surface area contributed by atoms with Crippen LogP contribution < -0.4 is 10.6 Å². The lowest BCUT2D eigenvalue weighted by molar-refractivity contribution is -0.384. The summed E-state index contributed by atoms with van der Waals surface area (Å²) in [5.74, 6) is -1.73. The zero-order valence-electron chi connectivity index (χ0n) is 24.4. The summed E-state index contributed by atoms with van der Waals surface area (Å²) in [5, 5.41) is 16.4. The van der Waals surface area contributed by atoms with Gasteiger partial charge in [0.05, 0.1) is 17.9 Å². The second kappa shape index (κ2) is 15.5. The molecule has 222 valence electrons. The van der Waals surface area contributed by atoms with Crippen LogP contribution in [0.1, 0.15) is 51.2 Å². The number of nitro benzene ring substituents is 1. The van der Waals surface area contributed by atoms with E-state index in [-0.39, 0.29) is 30.5 Å². The van der Waals surface area contributed by atoms with E-state index < -0.39 is 22.4 Å². The lowest BCUT2D eigenvalue weighted by Crippen LogP contribution is -2.41. The van der Waals surface area contributed by atoms with Crippen LogP contribution in [0.3, 0.4) is 0 Å². The highest BCUT2D eigenvalue weighted by atomic mass is 16.6. The zero-order chi connectivity index (χ0) is 30.5. The normalized spacial score (nSPS) is 11.8. The Balaban J connectivity index is 1.52. The van der Waals surface area contributed by atoms with Crippen molar-refractivity contribution in [2.45, 2.75) is 58.5 Å². The first-order valence-electron chi connectivity index (χ1n) is 14.1. The number of nitrogens with one attached hydrogen (secondary N) is 2. The van der Waals surface area contributed by atoms with Crippen molar-refractivity contribution in [3.63, 3.8) is 0 Å². The summed E-state index contributed by atoms with van der Waals surface area (Å²) >= 11 is 0. The van der Waals surface area contributed by atoms with Gasteiger partial charge in [0.15, 0.2) is 0 Å². The van der Waals surface area contributed by atoms with Crippen LogP contribution in [0.2, 0.25) is 0 Å². The van der Waals surface area contributed by atoms with Crippen molar-refractivity contribution in [3.8, 4) is 11.1 Å². The van der Waals surface area contributed by atoms with Gasteiger partial charge in [0, 0.05) is 24.6 Å². The molecular weight excluding hydrogens is 534 g/mol. The summed E-state index contributed by atoms with van der Waals surface area (Å²) in [7, 11) is 0. The quantitative estimate of drug-likeness (QED) is 0.151. The topological polar surface area (TPSA) is 128 Å². The molecule has 0 aliphatic carbocycles. The molecule has 0 spiro atoms. The minimum atomic E-state index is -0.665. The third kappa shape index (κ3) is 11.2. The maximum atomic E-state index is 13.0. The number of hydrogen-bond donors (Lipinski definition) is 2. The van der Waals surface area contributed by atoms with Gasteiger partial charge in [0.1, 0.15) is 5.60 Å². The van der Waals surface area contributed by atoms with E-state index in [2.05, 4.69) is 10.6 Å². The molecule has 2 amide bonds.